The predicted octanol–water partition coefficient (Wildman–Crippen LogP) is 4.14. The van der Waals surface area contributed by atoms with Crippen molar-refractivity contribution < 1.29 is 23.1 Å². The van der Waals surface area contributed by atoms with Gasteiger partial charge in [-0.25, -0.2) is 19.0 Å². The molecule has 0 saturated carbocycles. The Labute approximate surface area is 257 Å². The smallest absolute Gasteiger partial charge is 0.252 e. The van der Waals surface area contributed by atoms with Gasteiger partial charge < -0.3 is 23.7 Å². The molecule has 13 heteroatoms. The summed E-state index contributed by atoms with van der Waals surface area (Å²) in [5.41, 5.74) is 2.18. The van der Waals surface area contributed by atoms with E-state index in [2.05, 4.69) is 20.1 Å². The molecule has 0 spiro atoms. The molecule has 0 radical (unpaired) electrons. The van der Waals surface area contributed by atoms with Crippen LogP contribution in [-0.2, 0) is 9.53 Å². The number of aromatic nitrogens is 6. The van der Waals surface area contributed by atoms with Crippen molar-refractivity contribution >= 4 is 28.3 Å². The number of ether oxygens (including phenoxy) is 2. The van der Waals surface area contributed by atoms with Crippen molar-refractivity contribution in [2.45, 2.75) is 13.0 Å². The standard InChI is InChI=1S/C32H31FN8O4/c1-21-35-30-25(31-36-29(37-40(21)31)27-8-5-17-45-27)20-34-41(30)28(24-6-3-4-7-26(24)33)32(42)39-15-13-38(14-16-39)22-9-11-23(12-10-22)44-19-18-43-2/h3-12,17,20,28H,13-16,18-19H2,1-2H3. The average molecular weight is 611 g/mol. The topological polar surface area (TPSA) is 116 Å². The Morgan fingerprint density at radius 2 is 1.78 bits per heavy atom. The Hall–Kier alpha value is -5.30. The minimum Gasteiger partial charge on any atom is -0.491 e. The van der Waals surface area contributed by atoms with Crippen LogP contribution in [0.1, 0.15) is 17.4 Å². The molecule has 1 fully saturated rings. The molecule has 45 heavy (non-hydrogen) atoms. The monoisotopic (exact) mass is 610 g/mol. The fraction of sp³-hybridized carbons (Fsp3) is 0.281. The highest BCUT2D eigenvalue weighted by Gasteiger charge is 2.34. The fourth-order valence-electron chi connectivity index (χ4n) is 5.66. The number of nitrogens with zero attached hydrogens (tertiary/aromatic N) is 8. The molecular formula is C32H31FN8O4. The molecule has 4 aromatic heterocycles. The molecule has 230 valence electrons. The van der Waals surface area contributed by atoms with Crippen LogP contribution < -0.4 is 9.64 Å². The number of hydrogen-bond acceptors (Lipinski definition) is 9. The van der Waals surface area contributed by atoms with Gasteiger partial charge in [0, 0.05) is 44.5 Å². The van der Waals surface area contributed by atoms with Gasteiger partial charge >= 0.3 is 0 Å². The Bertz CT molecular complexity index is 1950. The van der Waals surface area contributed by atoms with Crippen molar-refractivity contribution in [2.75, 3.05) is 51.4 Å². The largest absolute Gasteiger partial charge is 0.491 e. The van der Waals surface area contributed by atoms with Crippen LogP contribution in [0, 0.1) is 12.7 Å². The summed E-state index contributed by atoms with van der Waals surface area (Å²) in [6.07, 6.45) is 3.15. The molecule has 6 aromatic rings. The highest BCUT2D eigenvalue weighted by molar-refractivity contribution is 5.92. The van der Waals surface area contributed by atoms with Crippen molar-refractivity contribution in [2.24, 2.45) is 0 Å². The third kappa shape index (κ3) is 5.35. The van der Waals surface area contributed by atoms with E-state index in [1.54, 1.807) is 66.2 Å². The number of amides is 1. The van der Waals surface area contributed by atoms with Gasteiger partial charge in [0.05, 0.1) is 24.5 Å². The molecule has 12 nitrogen and oxygen atoms in total. The normalized spacial score (nSPS) is 14.4. The Morgan fingerprint density at radius 1 is 0.978 bits per heavy atom. The molecule has 1 aliphatic heterocycles. The van der Waals surface area contributed by atoms with Gasteiger partial charge in [0.1, 0.15) is 24.0 Å². The summed E-state index contributed by atoms with van der Waals surface area (Å²) in [7, 11) is 1.64. The first-order chi connectivity index (χ1) is 22.0. The maximum Gasteiger partial charge on any atom is 0.252 e. The lowest BCUT2D eigenvalue weighted by molar-refractivity contribution is -0.134. The molecule has 5 heterocycles. The van der Waals surface area contributed by atoms with Crippen LogP contribution in [-0.4, -0.2) is 86.7 Å². The van der Waals surface area contributed by atoms with Gasteiger partial charge in [-0.2, -0.15) is 9.61 Å². The number of hydrogen-bond donors (Lipinski definition) is 0. The summed E-state index contributed by atoms with van der Waals surface area (Å²) >= 11 is 0. The van der Waals surface area contributed by atoms with Crippen LogP contribution in [0.3, 0.4) is 0 Å². The summed E-state index contributed by atoms with van der Waals surface area (Å²) in [5, 5.41) is 9.73. The molecule has 1 saturated heterocycles. The number of halogens is 1. The number of fused-ring (bicyclic) bond motifs is 3. The number of carbonyl (C=O) groups is 1. The third-order valence-corrected chi connectivity index (χ3v) is 7.96. The quantitative estimate of drug-likeness (QED) is 0.223. The zero-order valence-corrected chi connectivity index (χ0v) is 24.8. The number of rotatable bonds is 9. The number of carbonyl (C=O) groups excluding carboxylic acids is 1. The van der Waals surface area contributed by atoms with E-state index in [4.69, 9.17) is 18.9 Å². The van der Waals surface area contributed by atoms with Gasteiger partial charge in [0.2, 0.25) is 5.82 Å². The van der Waals surface area contributed by atoms with Crippen molar-refractivity contribution in [1.82, 2.24) is 34.3 Å². The first kappa shape index (κ1) is 28.5. The Balaban J connectivity index is 1.18. The van der Waals surface area contributed by atoms with E-state index in [-0.39, 0.29) is 11.5 Å². The molecular weight excluding hydrogens is 579 g/mol. The maximum absolute atomic E-state index is 15.4. The molecule has 0 N–H and O–H groups in total. The van der Waals surface area contributed by atoms with Gasteiger partial charge in [0.15, 0.2) is 23.1 Å². The maximum atomic E-state index is 15.4. The lowest BCUT2D eigenvalue weighted by Crippen LogP contribution is -2.51. The van der Waals surface area contributed by atoms with Crippen LogP contribution in [0.4, 0.5) is 10.1 Å². The Morgan fingerprint density at radius 3 is 2.51 bits per heavy atom. The number of benzene rings is 2. The number of furan rings is 1. The average Bonchev–Trinajstić information content (AvgIpc) is 3.84. The van der Waals surface area contributed by atoms with Crippen LogP contribution in [0.25, 0.3) is 28.3 Å². The molecule has 1 atom stereocenters. The fourth-order valence-corrected chi connectivity index (χ4v) is 5.66. The van der Waals surface area contributed by atoms with E-state index in [9.17, 15) is 4.79 Å². The van der Waals surface area contributed by atoms with Crippen LogP contribution >= 0.6 is 0 Å². The predicted molar refractivity (Wildman–Crippen MR) is 164 cm³/mol. The third-order valence-electron chi connectivity index (χ3n) is 7.96. The first-order valence-electron chi connectivity index (χ1n) is 14.7. The van der Waals surface area contributed by atoms with E-state index >= 15 is 4.39 Å². The number of anilines is 1. The second kappa shape index (κ2) is 12.0. The van der Waals surface area contributed by atoms with Crippen molar-refractivity contribution in [3.63, 3.8) is 0 Å². The minimum atomic E-state index is -1.07. The van der Waals surface area contributed by atoms with Gasteiger partial charge in [-0.1, -0.05) is 18.2 Å². The van der Waals surface area contributed by atoms with Gasteiger partial charge in [-0.15, -0.1) is 5.10 Å². The summed E-state index contributed by atoms with van der Waals surface area (Å²) in [4.78, 5) is 27.7. The van der Waals surface area contributed by atoms with Crippen LogP contribution in [0.15, 0.2) is 77.5 Å². The minimum absolute atomic E-state index is 0.219. The van der Waals surface area contributed by atoms with Crippen LogP contribution in [0.2, 0.25) is 0 Å². The second-order valence-electron chi connectivity index (χ2n) is 10.7. The van der Waals surface area contributed by atoms with Crippen molar-refractivity contribution in [3.05, 3.63) is 90.3 Å². The SMILES string of the molecule is COCCOc1ccc(N2CCN(C(=O)C(c3ccccc3F)n3ncc4c3nc(C)n3nc(-c5ccco5)nc43)CC2)cc1. The number of methoxy groups -OCH3 is 1. The van der Waals surface area contributed by atoms with Gasteiger partial charge in [0.25, 0.3) is 5.91 Å². The van der Waals surface area contributed by atoms with Gasteiger partial charge in [-0.3, -0.25) is 4.79 Å². The number of aryl methyl sites for hydroxylation is 1. The van der Waals surface area contributed by atoms with E-state index in [1.807, 2.05) is 24.3 Å². The molecule has 1 unspecified atom stereocenters. The highest BCUT2D eigenvalue weighted by Crippen LogP contribution is 2.30. The number of piperazine rings is 1. The summed E-state index contributed by atoms with van der Waals surface area (Å²) in [6.45, 7) is 4.95. The molecule has 0 aliphatic carbocycles. The molecule has 1 aliphatic rings. The van der Waals surface area contributed by atoms with E-state index < -0.39 is 11.9 Å². The van der Waals surface area contributed by atoms with E-state index in [0.717, 1.165) is 11.4 Å². The highest BCUT2D eigenvalue weighted by atomic mass is 19.1. The summed E-state index contributed by atoms with van der Waals surface area (Å²) in [5.74, 6) is 1.47. The van der Waals surface area contributed by atoms with Crippen molar-refractivity contribution in [1.29, 1.82) is 0 Å². The lowest BCUT2D eigenvalue weighted by Gasteiger charge is -2.37. The summed E-state index contributed by atoms with van der Waals surface area (Å²) < 4.78 is 34.7. The zero-order valence-electron chi connectivity index (χ0n) is 24.8. The Kier molecular flexibility index (Phi) is 7.59. The van der Waals surface area contributed by atoms with Crippen LogP contribution in [0.5, 0.6) is 5.75 Å². The first-order valence-corrected chi connectivity index (χ1v) is 14.7. The van der Waals surface area contributed by atoms with E-state index in [0.29, 0.717) is 73.5 Å². The van der Waals surface area contributed by atoms with Crippen molar-refractivity contribution in [3.8, 4) is 17.3 Å². The second-order valence-corrected chi connectivity index (χ2v) is 10.7. The lowest BCUT2D eigenvalue weighted by atomic mass is 10.0. The molecule has 2 aromatic carbocycles. The molecule has 0 bridgehead atoms. The summed E-state index contributed by atoms with van der Waals surface area (Å²) in [6, 6.07) is 16.6. The molecule has 1 amide bonds. The molecule has 7 rings (SSSR count). The van der Waals surface area contributed by atoms with Gasteiger partial charge in [-0.05, 0) is 49.4 Å². The zero-order chi connectivity index (χ0) is 30.9. The van der Waals surface area contributed by atoms with E-state index in [1.165, 1.54) is 10.7 Å².